The van der Waals surface area contributed by atoms with Crippen molar-refractivity contribution in [3.63, 3.8) is 0 Å². The Balaban J connectivity index is 2.68. The summed E-state index contributed by atoms with van der Waals surface area (Å²) in [4.78, 5) is 23.1. The Kier molecular flexibility index (Phi) is 7.67. The lowest BCUT2D eigenvalue weighted by Gasteiger charge is -2.30. The lowest BCUT2D eigenvalue weighted by Crippen LogP contribution is -2.36. The third-order valence-corrected chi connectivity index (χ3v) is 3.30. The van der Waals surface area contributed by atoms with Gasteiger partial charge in [-0.3, -0.25) is 0 Å². The van der Waals surface area contributed by atoms with E-state index in [1.165, 1.54) is 0 Å². The molecule has 0 heterocycles. The Morgan fingerprint density at radius 2 is 1.79 bits per heavy atom. The van der Waals surface area contributed by atoms with Gasteiger partial charge in [0.2, 0.25) is 0 Å². The molecule has 1 rings (SSSR count). The summed E-state index contributed by atoms with van der Waals surface area (Å²) in [6, 6.07) is 5.65. The number of primary amides is 1. The minimum atomic E-state index is -0.661. The lowest BCUT2D eigenvalue weighted by molar-refractivity contribution is -0.0511. The Morgan fingerprint density at radius 3 is 2.29 bits per heavy atom. The minimum absolute atomic E-state index is 0.268. The molecule has 0 saturated carbocycles. The highest BCUT2D eigenvalue weighted by Gasteiger charge is 2.29. The average Bonchev–Trinajstić information content (AvgIpc) is 2.49. The fraction of sp³-hybridized carbons (Fsp3) is 0.529. The fourth-order valence-electron chi connectivity index (χ4n) is 1.82. The second-order valence-corrected chi connectivity index (χ2v) is 6.39. The summed E-state index contributed by atoms with van der Waals surface area (Å²) in [6.07, 6.45) is -0.398. The number of benzene rings is 1. The normalized spacial score (nSPS) is 12.5. The van der Waals surface area contributed by atoms with E-state index in [1.54, 1.807) is 31.4 Å². The van der Waals surface area contributed by atoms with Gasteiger partial charge in [0.15, 0.2) is 0 Å². The first-order chi connectivity index (χ1) is 11.2. The van der Waals surface area contributed by atoms with Crippen LogP contribution in [0.1, 0.15) is 31.1 Å². The molecule has 3 N–H and O–H groups in total. The van der Waals surface area contributed by atoms with Crippen molar-refractivity contribution in [1.29, 1.82) is 0 Å². The summed E-state index contributed by atoms with van der Waals surface area (Å²) in [5, 5.41) is 2.43. The van der Waals surface area contributed by atoms with Gasteiger partial charge in [0.1, 0.15) is 6.10 Å². The molecule has 0 radical (unpaired) electrons. The summed E-state index contributed by atoms with van der Waals surface area (Å²) >= 11 is 0. The fourth-order valence-corrected chi connectivity index (χ4v) is 1.82. The van der Waals surface area contributed by atoms with Crippen molar-refractivity contribution in [2.75, 3.05) is 32.2 Å². The van der Waals surface area contributed by atoms with Gasteiger partial charge >= 0.3 is 12.0 Å². The molecule has 0 fully saturated rings. The first-order valence-electron chi connectivity index (χ1n) is 7.68. The van der Waals surface area contributed by atoms with Crippen LogP contribution < -0.4 is 11.1 Å². The molecular formula is C17H26N2O5. The number of amides is 2. The maximum Gasteiger partial charge on any atom is 0.338 e. The van der Waals surface area contributed by atoms with E-state index >= 15 is 0 Å². The van der Waals surface area contributed by atoms with Crippen LogP contribution in [0.15, 0.2) is 24.3 Å². The molecule has 1 atom stereocenters. The van der Waals surface area contributed by atoms with Crippen LogP contribution in [0.3, 0.4) is 0 Å². The highest BCUT2D eigenvalue weighted by molar-refractivity contribution is 5.91. The van der Waals surface area contributed by atoms with Gasteiger partial charge in [0, 0.05) is 18.2 Å². The molecule has 0 bridgehead atoms. The van der Waals surface area contributed by atoms with Gasteiger partial charge in [-0.15, -0.1) is 0 Å². The lowest BCUT2D eigenvalue weighted by atomic mass is 9.89. The Labute approximate surface area is 142 Å². The first kappa shape index (κ1) is 19.9. The van der Waals surface area contributed by atoms with Crippen molar-refractivity contribution in [1.82, 2.24) is 0 Å². The molecule has 0 aliphatic rings. The molecule has 134 valence electrons. The van der Waals surface area contributed by atoms with Crippen LogP contribution >= 0.6 is 0 Å². The van der Waals surface area contributed by atoms with E-state index in [1.807, 2.05) is 20.8 Å². The number of esters is 1. The third kappa shape index (κ3) is 6.97. The van der Waals surface area contributed by atoms with E-state index in [9.17, 15) is 9.59 Å². The van der Waals surface area contributed by atoms with Crippen LogP contribution in [-0.2, 0) is 14.2 Å². The van der Waals surface area contributed by atoms with Crippen molar-refractivity contribution in [2.24, 2.45) is 11.1 Å². The summed E-state index contributed by atoms with van der Waals surface area (Å²) < 4.78 is 16.0. The predicted octanol–water partition coefficient (Wildman–Crippen LogP) is 2.41. The maximum atomic E-state index is 12.3. The van der Waals surface area contributed by atoms with E-state index in [0.29, 0.717) is 31.1 Å². The molecular weight excluding hydrogens is 312 g/mol. The number of nitrogens with two attached hydrogens (primary N) is 1. The molecule has 0 saturated heterocycles. The molecule has 24 heavy (non-hydrogen) atoms. The van der Waals surface area contributed by atoms with E-state index in [-0.39, 0.29) is 5.41 Å². The van der Waals surface area contributed by atoms with Gasteiger partial charge in [0.25, 0.3) is 0 Å². The molecule has 0 aromatic heterocycles. The maximum absolute atomic E-state index is 12.3. The number of hydrogen-bond acceptors (Lipinski definition) is 5. The largest absolute Gasteiger partial charge is 0.456 e. The average molecular weight is 338 g/mol. The van der Waals surface area contributed by atoms with E-state index < -0.39 is 18.1 Å². The molecule has 7 nitrogen and oxygen atoms in total. The zero-order chi connectivity index (χ0) is 18.2. The quantitative estimate of drug-likeness (QED) is 0.560. The van der Waals surface area contributed by atoms with Crippen molar-refractivity contribution < 1.29 is 23.8 Å². The van der Waals surface area contributed by atoms with Crippen LogP contribution in [0.25, 0.3) is 0 Å². The minimum Gasteiger partial charge on any atom is -0.456 e. The predicted molar refractivity (Wildman–Crippen MR) is 91.0 cm³/mol. The van der Waals surface area contributed by atoms with Gasteiger partial charge in [-0.05, 0) is 24.3 Å². The molecule has 7 heteroatoms. The van der Waals surface area contributed by atoms with Crippen molar-refractivity contribution in [3.8, 4) is 0 Å². The van der Waals surface area contributed by atoms with Crippen molar-refractivity contribution >= 4 is 17.7 Å². The Bertz CT molecular complexity index is 537. The van der Waals surface area contributed by atoms with Crippen LogP contribution in [0.5, 0.6) is 0 Å². The summed E-state index contributed by atoms with van der Waals surface area (Å²) in [7, 11) is 1.60. The number of rotatable bonds is 8. The smallest absolute Gasteiger partial charge is 0.338 e. The standard InChI is InChI=1S/C17H26N2O5/c1-17(2,3)14(11-23-10-9-22-4)24-15(20)12-5-7-13(8-6-12)19-16(18)21/h5-8,14H,9-11H2,1-4H3,(H3,18,19,21)/t14-/m1/s1. The molecule has 0 spiro atoms. The zero-order valence-corrected chi connectivity index (χ0v) is 14.6. The number of anilines is 1. The van der Waals surface area contributed by atoms with Crippen LogP contribution in [0, 0.1) is 5.41 Å². The molecule has 0 unspecified atom stereocenters. The van der Waals surface area contributed by atoms with Gasteiger partial charge in [-0.25, -0.2) is 9.59 Å². The van der Waals surface area contributed by atoms with Crippen LogP contribution in [-0.4, -0.2) is 45.0 Å². The summed E-state index contributed by atoms with van der Waals surface area (Å²) in [5.74, 6) is -0.448. The van der Waals surface area contributed by atoms with Gasteiger partial charge in [-0.1, -0.05) is 20.8 Å². The van der Waals surface area contributed by atoms with E-state index in [4.69, 9.17) is 19.9 Å². The number of carbonyl (C=O) groups is 2. The summed E-state index contributed by atoms with van der Waals surface area (Å²) in [5.41, 5.74) is 5.67. The molecule has 0 aliphatic heterocycles. The molecule has 0 aliphatic carbocycles. The van der Waals surface area contributed by atoms with Gasteiger partial charge in [0.05, 0.1) is 25.4 Å². The van der Waals surface area contributed by atoms with Gasteiger partial charge in [-0.2, -0.15) is 0 Å². The highest BCUT2D eigenvalue weighted by Crippen LogP contribution is 2.24. The van der Waals surface area contributed by atoms with E-state index in [2.05, 4.69) is 5.32 Å². The number of methoxy groups -OCH3 is 1. The molecule has 2 amide bonds. The number of ether oxygens (including phenoxy) is 3. The van der Waals surface area contributed by atoms with E-state index in [0.717, 1.165) is 0 Å². The topological polar surface area (TPSA) is 99.9 Å². The van der Waals surface area contributed by atoms with Crippen LogP contribution in [0.4, 0.5) is 10.5 Å². The Hall–Kier alpha value is -2.12. The summed E-state index contributed by atoms with van der Waals surface area (Å²) in [6.45, 7) is 7.15. The zero-order valence-electron chi connectivity index (χ0n) is 14.6. The highest BCUT2D eigenvalue weighted by atomic mass is 16.6. The molecule has 1 aromatic rings. The van der Waals surface area contributed by atoms with Crippen molar-refractivity contribution in [3.05, 3.63) is 29.8 Å². The number of urea groups is 1. The second kappa shape index (κ2) is 9.24. The number of hydrogen-bond donors (Lipinski definition) is 2. The number of nitrogens with one attached hydrogen (secondary N) is 1. The number of carbonyl (C=O) groups excluding carboxylic acids is 2. The first-order valence-corrected chi connectivity index (χ1v) is 7.68. The second-order valence-electron chi connectivity index (χ2n) is 6.39. The SMILES string of the molecule is COCCOC[C@@H](OC(=O)c1ccc(NC(N)=O)cc1)C(C)(C)C. The van der Waals surface area contributed by atoms with Gasteiger partial charge < -0.3 is 25.3 Å². The Morgan fingerprint density at radius 1 is 1.17 bits per heavy atom. The monoisotopic (exact) mass is 338 g/mol. The van der Waals surface area contributed by atoms with Crippen molar-refractivity contribution in [2.45, 2.75) is 26.9 Å². The third-order valence-electron chi connectivity index (χ3n) is 3.30. The van der Waals surface area contributed by atoms with Crippen LogP contribution in [0.2, 0.25) is 0 Å². The molecule has 1 aromatic carbocycles.